The predicted molar refractivity (Wildman–Crippen MR) is 59.1 cm³/mol. The minimum absolute atomic E-state index is 0.0738. The highest BCUT2D eigenvalue weighted by Crippen LogP contribution is 2.14. The van der Waals surface area contributed by atoms with Gasteiger partial charge in [0.25, 0.3) is 0 Å². The number of allylic oxidation sites excluding steroid dienone is 1. The van der Waals surface area contributed by atoms with Crippen LogP contribution < -0.4 is 0 Å². The molecule has 0 unspecified atom stereocenters. The van der Waals surface area contributed by atoms with Crippen molar-refractivity contribution in [2.45, 2.75) is 46.5 Å². The van der Waals surface area contributed by atoms with E-state index < -0.39 is 0 Å². The average molecular weight is 198 g/mol. The summed E-state index contributed by atoms with van der Waals surface area (Å²) in [5.74, 6) is 0.779. The Labute approximate surface area is 87.3 Å². The molecule has 0 saturated heterocycles. The highest BCUT2D eigenvalue weighted by molar-refractivity contribution is 5.90. The number of hydrogen-bond acceptors (Lipinski definition) is 2. The Kier molecular flexibility index (Phi) is 7.17. The molecule has 14 heavy (non-hydrogen) atoms. The summed E-state index contributed by atoms with van der Waals surface area (Å²) < 4.78 is 5.31. The Morgan fingerprint density at radius 3 is 2.50 bits per heavy atom. The third-order valence-corrected chi connectivity index (χ3v) is 2.43. The van der Waals surface area contributed by atoms with Crippen LogP contribution >= 0.6 is 0 Å². The minimum Gasteiger partial charge on any atom is -0.490 e. The number of ether oxygens (including phenoxy) is 1. The van der Waals surface area contributed by atoms with Gasteiger partial charge in [0.15, 0.2) is 11.5 Å². The maximum Gasteiger partial charge on any atom is 0.193 e. The van der Waals surface area contributed by atoms with E-state index in [4.69, 9.17) is 4.74 Å². The summed E-state index contributed by atoms with van der Waals surface area (Å²) in [5, 5.41) is 0. The standard InChI is InChI=1S/C12H22O2/c1-5-7-8-12(6-2)9-14-11(4)10(3)13/h12H,4-9H2,1-3H3/t12-/m0/s1. The number of carbonyl (C=O) groups excluding carboxylic acids is 1. The smallest absolute Gasteiger partial charge is 0.193 e. The van der Waals surface area contributed by atoms with Crippen molar-refractivity contribution in [3.8, 4) is 0 Å². The summed E-state index contributed by atoms with van der Waals surface area (Å²) in [4.78, 5) is 10.8. The van der Waals surface area contributed by atoms with Crippen molar-refractivity contribution in [2.75, 3.05) is 6.61 Å². The molecule has 0 spiro atoms. The Hall–Kier alpha value is -0.790. The van der Waals surface area contributed by atoms with E-state index in [2.05, 4.69) is 20.4 Å². The van der Waals surface area contributed by atoms with Crippen LogP contribution in [0.5, 0.6) is 0 Å². The SMILES string of the molecule is C=C(OC[C@@H](CC)CCCC)C(C)=O. The van der Waals surface area contributed by atoms with Crippen LogP contribution in [-0.4, -0.2) is 12.4 Å². The van der Waals surface area contributed by atoms with Gasteiger partial charge in [0.2, 0.25) is 0 Å². The summed E-state index contributed by atoms with van der Waals surface area (Å²) in [6.45, 7) is 10.0. The monoisotopic (exact) mass is 198 g/mol. The molecule has 0 aromatic rings. The molecule has 0 fully saturated rings. The van der Waals surface area contributed by atoms with Crippen molar-refractivity contribution in [1.29, 1.82) is 0 Å². The first-order valence-electron chi connectivity index (χ1n) is 5.44. The minimum atomic E-state index is -0.0738. The first kappa shape index (κ1) is 13.2. The van der Waals surface area contributed by atoms with Crippen molar-refractivity contribution in [2.24, 2.45) is 5.92 Å². The van der Waals surface area contributed by atoms with Crippen molar-refractivity contribution in [3.05, 3.63) is 12.3 Å². The van der Waals surface area contributed by atoms with E-state index in [9.17, 15) is 4.79 Å². The lowest BCUT2D eigenvalue weighted by molar-refractivity contribution is -0.117. The molecule has 0 aromatic heterocycles. The second-order valence-electron chi connectivity index (χ2n) is 3.71. The molecular weight excluding hydrogens is 176 g/mol. The van der Waals surface area contributed by atoms with Crippen molar-refractivity contribution in [1.82, 2.24) is 0 Å². The largest absolute Gasteiger partial charge is 0.490 e. The normalized spacial score (nSPS) is 12.2. The quantitative estimate of drug-likeness (QED) is 0.442. The van der Waals surface area contributed by atoms with E-state index in [0.717, 1.165) is 6.42 Å². The van der Waals surface area contributed by atoms with Crippen LogP contribution in [0.25, 0.3) is 0 Å². The summed E-state index contributed by atoms with van der Waals surface area (Å²) in [6.07, 6.45) is 4.72. The van der Waals surface area contributed by atoms with E-state index in [1.807, 2.05) is 0 Å². The number of hydrogen-bond donors (Lipinski definition) is 0. The molecule has 2 heteroatoms. The number of unbranched alkanes of at least 4 members (excludes halogenated alkanes) is 1. The third kappa shape index (κ3) is 5.79. The molecule has 0 aliphatic heterocycles. The van der Waals surface area contributed by atoms with Crippen LogP contribution in [0.1, 0.15) is 46.5 Å². The molecule has 0 aromatic carbocycles. The maximum atomic E-state index is 10.8. The lowest BCUT2D eigenvalue weighted by Crippen LogP contribution is -2.11. The van der Waals surface area contributed by atoms with E-state index in [-0.39, 0.29) is 5.78 Å². The Morgan fingerprint density at radius 2 is 2.07 bits per heavy atom. The molecule has 1 atom stereocenters. The van der Waals surface area contributed by atoms with Crippen molar-refractivity contribution < 1.29 is 9.53 Å². The highest BCUT2D eigenvalue weighted by atomic mass is 16.5. The Bertz CT molecular complexity index is 185. The second-order valence-corrected chi connectivity index (χ2v) is 3.71. The predicted octanol–water partition coefficient (Wildman–Crippen LogP) is 3.32. The van der Waals surface area contributed by atoms with Gasteiger partial charge in [0, 0.05) is 6.92 Å². The number of Topliss-reactive ketones (excluding diaryl/α,β-unsaturated/α-hetero) is 1. The van der Waals surface area contributed by atoms with E-state index in [1.54, 1.807) is 0 Å². The van der Waals surface area contributed by atoms with E-state index in [1.165, 1.54) is 26.2 Å². The lowest BCUT2D eigenvalue weighted by atomic mass is 10.0. The summed E-state index contributed by atoms with van der Waals surface area (Å²) in [6, 6.07) is 0. The molecule has 2 nitrogen and oxygen atoms in total. The molecule has 0 radical (unpaired) electrons. The van der Waals surface area contributed by atoms with Gasteiger partial charge in [0.05, 0.1) is 6.61 Å². The zero-order valence-electron chi connectivity index (χ0n) is 9.64. The number of carbonyl (C=O) groups is 1. The topological polar surface area (TPSA) is 26.3 Å². The summed E-state index contributed by atoms with van der Waals surface area (Å²) >= 11 is 0. The molecule has 82 valence electrons. The molecule has 0 saturated carbocycles. The number of rotatable bonds is 8. The molecule has 0 rings (SSSR count). The fourth-order valence-corrected chi connectivity index (χ4v) is 1.22. The fraction of sp³-hybridized carbons (Fsp3) is 0.750. The molecule has 0 aliphatic carbocycles. The molecule has 0 bridgehead atoms. The van der Waals surface area contributed by atoms with Gasteiger partial charge in [-0.3, -0.25) is 4.79 Å². The van der Waals surface area contributed by atoms with Gasteiger partial charge in [-0.15, -0.1) is 0 Å². The van der Waals surface area contributed by atoms with Crippen LogP contribution in [0.2, 0.25) is 0 Å². The van der Waals surface area contributed by atoms with Crippen LogP contribution in [0, 0.1) is 5.92 Å². The van der Waals surface area contributed by atoms with Crippen LogP contribution in [0.3, 0.4) is 0 Å². The Balaban J connectivity index is 3.71. The molecular formula is C12H22O2. The van der Waals surface area contributed by atoms with Gasteiger partial charge in [-0.25, -0.2) is 0 Å². The molecule has 0 amide bonds. The van der Waals surface area contributed by atoms with Gasteiger partial charge in [-0.05, 0) is 12.3 Å². The second kappa shape index (κ2) is 7.60. The van der Waals surface area contributed by atoms with Gasteiger partial charge in [-0.1, -0.05) is 39.7 Å². The van der Waals surface area contributed by atoms with Gasteiger partial charge >= 0.3 is 0 Å². The first-order valence-corrected chi connectivity index (χ1v) is 5.44. The van der Waals surface area contributed by atoms with Gasteiger partial charge in [0.1, 0.15) is 0 Å². The zero-order chi connectivity index (χ0) is 11.0. The lowest BCUT2D eigenvalue weighted by Gasteiger charge is -2.15. The van der Waals surface area contributed by atoms with Crippen molar-refractivity contribution in [3.63, 3.8) is 0 Å². The molecule has 0 N–H and O–H groups in total. The zero-order valence-corrected chi connectivity index (χ0v) is 9.64. The van der Waals surface area contributed by atoms with E-state index in [0.29, 0.717) is 18.3 Å². The van der Waals surface area contributed by atoms with E-state index >= 15 is 0 Å². The Morgan fingerprint density at radius 1 is 1.43 bits per heavy atom. The van der Waals surface area contributed by atoms with Gasteiger partial charge < -0.3 is 4.74 Å². The number of ketones is 1. The first-order chi connectivity index (χ1) is 6.61. The summed E-state index contributed by atoms with van der Waals surface area (Å²) in [7, 11) is 0. The van der Waals surface area contributed by atoms with Crippen molar-refractivity contribution >= 4 is 5.78 Å². The average Bonchev–Trinajstić information content (AvgIpc) is 2.17. The van der Waals surface area contributed by atoms with Crippen LogP contribution in [-0.2, 0) is 9.53 Å². The maximum absolute atomic E-state index is 10.8. The third-order valence-electron chi connectivity index (χ3n) is 2.43. The van der Waals surface area contributed by atoms with Gasteiger partial charge in [-0.2, -0.15) is 0 Å². The molecule has 0 heterocycles. The molecule has 0 aliphatic rings. The fourth-order valence-electron chi connectivity index (χ4n) is 1.22. The summed E-state index contributed by atoms with van der Waals surface area (Å²) in [5.41, 5.74) is 0. The highest BCUT2D eigenvalue weighted by Gasteiger charge is 2.08. The van der Waals surface area contributed by atoms with Crippen LogP contribution in [0.4, 0.5) is 0 Å². The van der Waals surface area contributed by atoms with Crippen LogP contribution in [0.15, 0.2) is 12.3 Å².